The van der Waals surface area contributed by atoms with E-state index in [1.807, 2.05) is 0 Å². The third kappa shape index (κ3) is 2.72. The third-order valence-corrected chi connectivity index (χ3v) is 2.70. The lowest BCUT2D eigenvalue weighted by molar-refractivity contribution is -0.154. The van der Waals surface area contributed by atoms with Gasteiger partial charge in [0.2, 0.25) is 0 Å². The number of hydrogen-bond donors (Lipinski definition) is 1. The second kappa shape index (κ2) is 4.44. The minimum absolute atomic E-state index is 0.197. The molecule has 1 aliphatic rings. The lowest BCUT2D eigenvalue weighted by atomic mass is 9.70. The number of hydrogen-bond acceptors (Lipinski definition) is 3. The molecule has 0 radical (unpaired) electrons. The van der Waals surface area contributed by atoms with Crippen LogP contribution in [-0.4, -0.2) is 25.0 Å². The molecule has 0 atom stereocenters. The summed E-state index contributed by atoms with van der Waals surface area (Å²) in [6.45, 7) is 4.61. The SMILES string of the molecule is CCOC(=O)C(=O)NCC1(C)CCC1. The maximum Gasteiger partial charge on any atom is 0.396 e. The van der Waals surface area contributed by atoms with E-state index < -0.39 is 11.9 Å². The first-order chi connectivity index (χ1) is 6.57. The van der Waals surface area contributed by atoms with Crippen LogP contribution >= 0.6 is 0 Å². The lowest BCUT2D eigenvalue weighted by Gasteiger charge is -2.38. The number of esters is 1. The molecule has 80 valence electrons. The summed E-state index contributed by atoms with van der Waals surface area (Å²) in [6.07, 6.45) is 3.46. The van der Waals surface area contributed by atoms with Crippen molar-refractivity contribution in [3.8, 4) is 0 Å². The van der Waals surface area contributed by atoms with E-state index in [2.05, 4.69) is 17.0 Å². The van der Waals surface area contributed by atoms with Crippen LogP contribution in [0.25, 0.3) is 0 Å². The van der Waals surface area contributed by atoms with Crippen LogP contribution in [0.5, 0.6) is 0 Å². The van der Waals surface area contributed by atoms with Crippen molar-refractivity contribution < 1.29 is 14.3 Å². The fourth-order valence-corrected chi connectivity index (χ4v) is 1.52. The molecule has 1 aliphatic carbocycles. The summed E-state index contributed by atoms with van der Waals surface area (Å²) in [7, 11) is 0. The monoisotopic (exact) mass is 199 g/mol. The van der Waals surface area contributed by atoms with Crippen LogP contribution in [0.1, 0.15) is 33.1 Å². The fourth-order valence-electron chi connectivity index (χ4n) is 1.52. The van der Waals surface area contributed by atoms with Crippen LogP contribution in [0.2, 0.25) is 0 Å². The highest BCUT2D eigenvalue weighted by Crippen LogP contribution is 2.39. The fraction of sp³-hybridized carbons (Fsp3) is 0.800. The highest BCUT2D eigenvalue weighted by Gasteiger charge is 2.32. The quantitative estimate of drug-likeness (QED) is 0.541. The van der Waals surface area contributed by atoms with Gasteiger partial charge in [0.05, 0.1) is 6.61 Å². The van der Waals surface area contributed by atoms with Crippen molar-refractivity contribution in [3.05, 3.63) is 0 Å². The van der Waals surface area contributed by atoms with Crippen molar-refractivity contribution in [3.63, 3.8) is 0 Å². The Morgan fingerprint density at radius 1 is 1.43 bits per heavy atom. The van der Waals surface area contributed by atoms with Gasteiger partial charge in [0, 0.05) is 6.54 Å². The van der Waals surface area contributed by atoms with Gasteiger partial charge in [-0.15, -0.1) is 0 Å². The summed E-state index contributed by atoms with van der Waals surface area (Å²) in [5.74, 6) is -1.41. The Kier molecular flexibility index (Phi) is 3.49. The summed E-state index contributed by atoms with van der Waals surface area (Å²) >= 11 is 0. The van der Waals surface area contributed by atoms with Crippen LogP contribution in [0.3, 0.4) is 0 Å². The molecule has 4 heteroatoms. The van der Waals surface area contributed by atoms with Gasteiger partial charge in [-0.2, -0.15) is 0 Å². The standard InChI is InChI=1S/C10H17NO3/c1-3-14-9(13)8(12)11-7-10(2)5-4-6-10/h3-7H2,1-2H3,(H,11,12). The summed E-state index contributed by atoms with van der Waals surface area (Å²) in [4.78, 5) is 22.1. The van der Waals surface area contributed by atoms with Gasteiger partial charge < -0.3 is 10.1 Å². The van der Waals surface area contributed by atoms with Crippen molar-refractivity contribution in [2.75, 3.05) is 13.2 Å². The molecule has 0 unspecified atom stereocenters. The first-order valence-electron chi connectivity index (χ1n) is 5.02. The average molecular weight is 199 g/mol. The Morgan fingerprint density at radius 3 is 2.50 bits per heavy atom. The highest BCUT2D eigenvalue weighted by molar-refractivity contribution is 6.32. The molecule has 0 aromatic rings. The molecule has 1 N–H and O–H groups in total. The van der Waals surface area contributed by atoms with Crippen LogP contribution in [0.4, 0.5) is 0 Å². The largest absolute Gasteiger partial charge is 0.459 e. The molecule has 14 heavy (non-hydrogen) atoms. The van der Waals surface area contributed by atoms with E-state index in [0.29, 0.717) is 6.54 Å². The minimum atomic E-state index is -0.782. The lowest BCUT2D eigenvalue weighted by Crippen LogP contribution is -2.42. The predicted octanol–water partition coefficient (Wildman–Crippen LogP) is 0.856. The predicted molar refractivity (Wildman–Crippen MR) is 51.6 cm³/mol. The van der Waals surface area contributed by atoms with Crippen molar-refractivity contribution in [2.45, 2.75) is 33.1 Å². The van der Waals surface area contributed by atoms with Crippen molar-refractivity contribution in [1.82, 2.24) is 5.32 Å². The summed E-state index contributed by atoms with van der Waals surface area (Å²) < 4.78 is 4.57. The Bertz CT molecular complexity index is 234. The zero-order valence-corrected chi connectivity index (χ0v) is 8.76. The Balaban J connectivity index is 2.23. The van der Waals surface area contributed by atoms with Crippen molar-refractivity contribution in [1.29, 1.82) is 0 Å². The zero-order chi connectivity index (χ0) is 10.6. The molecular formula is C10H17NO3. The van der Waals surface area contributed by atoms with Gasteiger partial charge in [0.1, 0.15) is 0 Å². The zero-order valence-electron chi connectivity index (χ0n) is 8.76. The molecule has 0 aromatic heterocycles. The molecule has 0 heterocycles. The highest BCUT2D eigenvalue weighted by atomic mass is 16.5. The first kappa shape index (κ1) is 11.0. The van der Waals surface area contributed by atoms with Gasteiger partial charge in [-0.05, 0) is 25.2 Å². The van der Waals surface area contributed by atoms with E-state index in [4.69, 9.17) is 0 Å². The Labute approximate surface area is 84.0 Å². The van der Waals surface area contributed by atoms with Gasteiger partial charge in [0.25, 0.3) is 0 Å². The average Bonchev–Trinajstić information content (AvgIpc) is 2.11. The van der Waals surface area contributed by atoms with Crippen LogP contribution in [-0.2, 0) is 14.3 Å². The van der Waals surface area contributed by atoms with Gasteiger partial charge in [-0.25, -0.2) is 4.79 Å². The molecule has 1 saturated carbocycles. The minimum Gasteiger partial charge on any atom is -0.459 e. The third-order valence-electron chi connectivity index (χ3n) is 2.70. The molecule has 4 nitrogen and oxygen atoms in total. The molecule has 1 amide bonds. The second-order valence-corrected chi connectivity index (χ2v) is 4.07. The summed E-state index contributed by atoms with van der Waals surface area (Å²) in [5.41, 5.74) is 0.197. The number of nitrogens with one attached hydrogen (secondary N) is 1. The van der Waals surface area contributed by atoms with E-state index in [0.717, 1.165) is 12.8 Å². The Morgan fingerprint density at radius 2 is 2.07 bits per heavy atom. The maximum absolute atomic E-state index is 11.1. The van der Waals surface area contributed by atoms with Crippen LogP contribution in [0, 0.1) is 5.41 Å². The molecule has 0 saturated heterocycles. The van der Waals surface area contributed by atoms with E-state index in [-0.39, 0.29) is 12.0 Å². The molecule has 0 bridgehead atoms. The van der Waals surface area contributed by atoms with Gasteiger partial charge in [-0.1, -0.05) is 13.3 Å². The number of rotatable bonds is 3. The number of carbonyl (C=O) groups excluding carboxylic acids is 2. The van der Waals surface area contributed by atoms with E-state index in [9.17, 15) is 9.59 Å². The van der Waals surface area contributed by atoms with E-state index in [1.54, 1.807) is 6.92 Å². The van der Waals surface area contributed by atoms with Crippen LogP contribution < -0.4 is 5.32 Å². The number of ether oxygens (including phenoxy) is 1. The second-order valence-electron chi connectivity index (χ2n) is 4.07. The Hall–Kier alpha value is -1.06. The van der Waals surface area contributed by atoms with Gasteiger partial charge in [0.15, 0.2) is 0 Å². The van der Waals surface area contributed by atoms with Gasteiger partial charge in [-0.3, -0.25) is 4.79 Å². The normalized spacial score (nSPS) is 18.1. The summed E-state index contributed by atoms with van der Waals surface area (Å²) in [6, 6.07) is 0. The van der Waals surface area contributed by atoms with Gasteiger partial charge >= 0.3 is 11.9 Å². The number of amides is 1. The molecule has 1 fully saturated rings. The number of carbonyl (C=O) groups is 2. The molecule has 0 aromatic carbocycles. The molecule has 1 rings (SSSR count). The maximum atomic E-state index is 11.1. The molecular weight excluding hydrogens is 182 g/mol. The van der Waals surface area contributed by atoms with Crippen molar-refractivity contribution >= 4 is 11.9 Å². The van der Waals surface area contributed by atoms with E-state index >= 15 is 0 Å². The molecule has 0 spiro atoms. The summed E-state index contributed by atoms with van der Waals surface area (Å²) in [5, 5.41) is 2.60. The van der Waals surface area contributed by atoms with E-state index in [1.165, 1.54) is 6.42 Å². The molecule has 0 aliphatic heterocycles. The van der Waals surface area contributed by atoms with Crippen molar-refractivity contribution in [2.24, 2.45) is 5.41 Å². The van der Waals surface area contributed by atoms with Crippen LogP contribution in [0.15, 0.2) is 0 Å². The first-order valence-corrected chi connectivity index (χ1v) is 5.02. The smallest absolute Gasteiger partial charge is 0.396 e. The topological polar surface area (TPSA) is 55.4 Å².